The van der Waals surface area contributed by atoms with E-state index in [1.54, 1.807) is 0 Å². The highest BCUT2D eigenvalue weighted by Gasteiger charge is 2.47. The molecule has 2 aliphatic rings. The van der Waals surface area contributed by atoms with Crippen LogP contribution in [0.15, 0.2) is 0 Å². The van der Waals surface area contributed by atoms with E-state index in [9.17, 15) is 4.79 Å². The summed E-state index contributed by atoms with van der Waals surface area (Å²) < 4.78 is 6.23. The van der Waals surface area contributed by atoms with Crippen LogP contribution in [0.5, 0.6) is 0 Å². The summed E-state index contributed by atoms with van der Waals surface area (Å²) in [5, 5.41) is 8.66. The van der Waals surface area contributed by atoms with Gasteiger partial charge < -0.3 is 9.84 Å². The van der Waals surface area contributed by atoms with Crippen LogP contribution >= 0.6 is 23.5 Å². The summed E-state index contributed by atoms with van der Waals surface area (Å²) in [7, 11) is 0. The first-order valence-electron chi connectivity index (χ1n) is 10.2. The molecule has 2 bridgehead atoms. The molecule has 3 nitrogen and oxygen atoms in total. The van der Waals surface area contributed by atoms with Gasteiger partial charge >= 0.3 is 5.97 Å². The summed E-state index contributed by atoms with van der Waals surface area (Å²) in [6.45, 7) is 2.27. The Kier molecular flexibility index (Phi) is 10.7. The van der Waals surface area contributed by atoms with Crippen LogP contribution in [0.4, 0.5) is 0 Å². The molecule has 2 fully saturated rings. The minimum atomic E-state index is -0.667. The highest BCUT2D eigenvalue weighted by molar-refractivity contribution is 7.99. The highest BCUT2D eigenvalue weighted by Crippen LogP contribution is 2.46. The van der Waals surface area contributed by atoms with Crippen molar-refractivity contribution in [1.82, 2.24) is 0 Å². The van der Waals surface area contributed by atoms with E-state index in [1.165, 1.54) is 62.2 Å². The third-order valence-corrected chi connectivity index (χ3v) is 7.87. The van der Waals surface area contributed by atoms with E-state index >= 15 is 0 Å². The number of carboxylic acid groups (broad SMARTS) is 1. The number of carbonyl (C=O) groups is 1. The predicted molar refractivity (Wildman–Crippen MR) is 110 cm³/mol. The Labute approximate surface area is 162 Å². The van der Waals surface area contributed by atoms with Crippen LogP contribution in [0.1, 0.15) is 71.1 Å². The van der Waals surface area contributed by atoms with Crippen LogP contribution in [0.2, 0.25) is 0 Å². The summed E-state index contributed by atoms with van der Waals surface area (Å²) >= 11 is 4.16. The second kappa shape index (κ2) is 12.5. The zero-order chi connectivity index (χ0) is 17.9. The molecule has 4 unspecified atom stereocenters. The highest BCUT2D eigenvalue weighted by atomic mass is 32.2. The van der Waals surface area contributed by atoms with Gasteiger partial charge in [0.05, 0.1) is 12.2 Å². The van der Waals surface area contributed by atoms with Crippen LogP contribution in [-0.4, -0.2) is 46.3 Å². The molecular formula is C20H36O3S2. The molecule has 4 atom stereocenters. The third kappa shape index (κ3) is 7.72. The first kappa shape index (κ1) is 21.4. The van der Waals surface area contributed by atoms with Gasteiger partial charge in [-0.25, -0.2) is 0 Å². The molecule has 0 amide bonds. The van der Waals surface area contributed by atoms with Gasteiger partial charge in [0, 0.05) is 6.42 Å². The molecule has 0 aromatic heterocycles. The van der Waals surface area contributed by atoms with E-state index < -0.39 is 5.97 Å². The number of hydrogen-bond acceptors (Lipinski definition) is 4. The van der Waals surface area contributed by atoms with Crippen molar-refractivity contribution in [2.24, 2.45) is 11.8 Å². The van der Waals surface area contributed by atoms with Crippen molar-refractivity contribution in [2.75, 3.05) is 23.0 Å². The van der Waals surface area contributed by atoms with Gasteiger partial charge in [-0.05, 0) is 73.4 Å². The van der Waals surface area contributed by atoms with E-state index in [2.05, 4.69) is 18.7 Å². The Morgan fingerprint density at radius 3 is 2.44 bits per heavy atom. The summed E-state index contributed by atoms with van der Waals surface area (Å²) in [6.07, 6.45) is 12.5. The summed E-state index contributed by atoms with van der Waals surface area (Å²) in [5.41, 5.74) is 0. The molecule has 0 radical (unpaired) electrons. The van der Waals surface area contributed by atoms with Crippen LogP contribution < -0.4 is 0 Å². The molecule has 0 aromatic carbocycles. The Hall–Kier alpha value is 0.130. The van der Waals surface area contributed by atoms with Crippen molar-refractivity contribution in [3.8, 4) is 0 Å². The van der Waals surface area contributed by atoms with Gasteiger partial charge in [-0.15, -0.1) is 0 Å². The topological polar surface area (TPSA) is 46.5 Å². The van der Waals surface area contributed by atoms with Gasteiger partial charge in [0.1, 0.15) is 0 Å². The zero-order valence-electron chi connectivity index (χ0n) is 15.8. The lowest BCUT2D eigenvalue weighted by Gasteiger charge is -2.27. The lowest BCUT2D eigenvalue weighted by atomic mass is 9.79. The molecule has 1 N–H and O–H groups in total. The number of ether oxygens (including phenoxy) is 1. The monoisotopic (exact) mass is 388 g/mol. The van der Waals surface area contributed by atoms with Crippen molar-refractivity contribution in [1.29, 1.82) is 0 Å². The van der Waals surface area contributed by atoms with Crippen LogP contribution in [0.3, 0.4) is 0 Å². The molecule has 2 heterocycles. The normalized spacial score (nSPS) is 27.9. The Balaban J connectivity index is 1.57. The maximum absolute atomic E-state index is 10.5. The van der Waals surface area contributed by atoms with Gasteiger partial charge in [-0.2, -0.15) is 23.5 Å². The van der Waals surface area contributed by atoms with Crippen molar-refractivity contribution < 1.29 is 14.6 Å². The van der Waals surface area contributed by atoms with E-state index in [-0.39, 0.29) is 0 Å². The van der Waals surface area contributed by atoms with Crippen molar-refractivity contribution >= 4 is 29.5 Å². The number of thioether (sulfide) groups is 2. The molecule has 2 rings (SSSR count). The quantitative estimate of drug-likeness (QED) is 0.377. The molecule has 25 heavy (non-hydrogen) atoms. The number of fused-ring (bicyclic) bond motifs is 2. The largest absolute Gasteiger partial charge is 0.481 e. The Morgan fingerprint density at radius 2 is 1.68 bits per heavy atom. The van der Waals surface area contributed by atoms with E-state index in [4.69, 9.17) is 9.84 Å². The minimum absolute atomic E-state index is 0.318. The minimum Gasteiger partial charge on any atom is -0.481 e. The molecule has 0 aliphatic carbocycles. The standard InChI is InChI=1S/C20H36O3S2/c1-2-3-4-6-13-25-15-17-16(18-9-10-19(17)23-18)11-14-24-12-7-5-8-20(21)22/h16-19H,2-15H2,1H3,(H,21,22). The summed E-state index contributed by atoms with van der Waals surface area (Å²) in [6, 6.07) is 0. The molecule has 5 heteroatoms. The average Bonchev–Trinajstić information content (AvgIpc) is 3.19. The molecule has 0 saturated carbocycles. The average molecular weight is 389 g/mol. The van der Waals surface area contributed by atoms with Gasteiger partial charge in [0.25, 0.3) is 0 Å². The van der Waals surface area contributed by atoms with Gasteiger partial charge in [-0.3, -0.25) is 4.79 Å². The SMILES string of the molecule is CCCCCCSCC1C2CCC(O2)C1CCSCCCCC(=O)O. The van der Waals surface area contributed by atoms with Crippen LogP contribution in [-0.2, 0) is 9.53 Å². The number of carboxylic acids is 1. The fourth-order valence-corrected chi connectivity index (χ4v) is 6.51. The molecule has 2 aliphatic heterocycles. The predicted octanol–water partition coefficient (Wildman–Crippen LogP) is 5.47. The Morgan fingerprint density at radius 1 is 0.960 bits per heavy atom. The fraction of sp³-hybridized carbons (Fsp3) is 0.950. The van der Waals surface area contributed by atoms with Crippen molar-refractivity contribution in [2.45, 2.75) is 83.3 Å². The number of aliphatic carboxylic acids is 1. The molecule has 0 aromatic rings. The smallest absolute Gasteiger partial charge is 0.303 e. The first-order valence-corrected chi connectivity index (χ1v) is 12.6. The zero-order valence-corrected chi connectivity index (χ0v) is 17.4. The number of hydrogen-bond donors (Lipinski definition) is 1. The van der Waals surface area contributed by atoms with Crippen molar-refractivity contribution in [3.63, 3.8) is 0 Å². The lowest BCUT2D eigenvalue weighted by molar-refractivity contribution is -0.137. The molecular weight excluding hydrogens is 352 g/mol. The van der Waals surface area contributed by atoms with Gasteiger partial charge in [0.15, 0.2) is 0 Å². The maximum atomic E-state index is 10.5. The number of unbranched alkanes of at least 4 members (excludes halogenated alkanes) is 4. The summed E-state index contributed by atoms with van der Waals surface area (Å²) in [5.74, 6) is 5.81. The third-order valence-electron chi connectivity index (χ3n) is 5.57. The molecule has 146 valence electrons. The maximum Gasteiger partial charge on any atom is 0.303 e. The van der Waals surface area contributed by atoms with Gasteiger partial charge in [0.2, 0.25) is 0 Å². The van der Waals surface area contributed by atoms with E-state index in [0.717, 1.165) is 30.4 Å². The fourth-order valence-electron chi connectivity index (χ4n) is 4.15. The number of rotatable bonds is 15. The Bertz CT molecular complexity index is 378. The lowest BCUT2D eigenvalue weighted by Crippen LogP contribution is -2.29. The van der Waals surface area contributed by atoms with Crippen LogP contribution in [0, 0.1) is 11.8 Å². The molecule has 2 saturated heterocycles. The second-order valence-corrected chi connectivity index (χ2v) is 9.88. The van der Waals surface area contributed by atoms with E-state index in [1.807, 2.05) is 11.8 Å². The van der Waals surface area contributed by atoms with E-state index in [0.29, 0.717) is 18.6 Å². The molecule has 0 spiro atoms. The van der Waals surface area contributed by atoms with Crippen LogP contribution in [0.25, 0.3) is 0 Å². The second-order valence-electron chi connectivity index (χ2n) is 7.51. The summed E-state index contributed by atoms with van der Waals surface area (Å²) in [4.78, 5) is 10.5. The van der Waals surface area contributed by atoms with Gasteiger partial charge in [-0.1, -0.05) is 26.2 Å². The van der Waals surface area contributed by atoms with Crippen molar-refractivity contribution in [3.05, 3.63) is 0 Å². The first-order chi connectivity index (χ1) is 12.2.